The largest absolute Gasteiger partial charge is 0.455 e. The van der Waals surface area contributed by atoms with Crippen LogP contribution in [-0.2, 0) is 13.5 Å². The van der Waals surface area contributed by atoms with Crippen molar-refractivity contribution in [1.82, 2.24) is 0 Å². The van der Waals surface area contributed by atoms with Crippen molar-refractivity contribution >= 4 is 45.6 Å². The van der Waals surface area contributed by atoms with E-state index in [4.69, 9.17) is 4.74 Å². The van der Waals surface area contributed by atoms with Gasteiger partial charge in [0.25, 0.3) is 0 Å². The molecule has 1 aliphatic heterocycles. The number of aryl methyl sites for hydroxylation is 2. The number of rotatable bonds is 3. The van der Waals surface area contributed by atoms with E-state index in [1.165, 1.54) is 59.9 Å². The minimum Gasteiger partial charge on any atom is -0.455 e. The van der Waals surface area contributed by atoms with Gasteiger partial charge in [0, 0.05) is 17.0 Å². The number of benzene rings is 4. The van der Waals surface area contributed by atoms with Crippen molar-refractivity contribution in [2.45, 2.75) is 46.8 Å². The zero-order valence-electron chi connectivity index (χ0n) is 21.9. The predicted molar refractivity (Wildman–Crippen MR) is 152 cm³/mol. The lowest BCUT2D eigenvalue weighted by molar-refractivity contribution is -0.659. The van der Waals surface area contributed by atoms with E-state index in [1.807, 2.05) is 0 Å². The van der Waals surface area contributed by atoms with Crippen LogP contribution >= 0.6 is 0 Å². The number of ether oxygens (including phenoxy) is 1. The Hall–Kier alpha value is -3.17. The number of aromatic nitrogens is 1. The standard InChI is InChI=1S/C32H34NOSi/c1-19(2)16-27-25-11-9-8-10-23(25)20(3)29-31-30-26(14-15-33(31)4)24-13-12-22(35(5,6)7)17-21(24)18-28(30)34-32(27)29/h8-15,17-19H,16H2,1-7H3/q+1. The summed E-state index contributed by atoms with van der Waals surface area (Å²) in [6, 6.07) is 20.5. The summed E-state index contributed by atoms with van der Waals surface area (Å²) in [6.45, 7) is 14.1. The van der Waals surface area contributed by atoms with Gasteiger partial charge in [0.1, 0.15) is 18.5 Å². The molecule has 0 fully saturated rings. The summed E-state index contributed by atoms with van der Waals surface area (Å²) in [5.74, 6) is 2.57. The molecule has 2 nitrogen and oxygen atoms in total. The third kappa shape index (κ3) is 3.32. The van der Waals surface area contributed by atoms with Gasteiger partial charge in [0.05, 0.1) is 19.0 Å². The van der Waals surface area contributed by atoms with Crippen molar-refractivity contribution in [2.75, 3.05) is 0 Å². The van der Waals surface area contributed by atoms with Gasteiger partial charge in [-0.25, -0.2) is 4.57 Å². The fourth-order valence-electron chi connectivity index (χ4n) is 5.88. The molecule has 0 aliphatic carbocycles. The molecule has 0 saturated carbocycles. The Bertz CT molecular complexity index is 1670. The summed E-state index contributed by atoms with van der Waals surface area (Å²) in [7, 11) is 0.750. The highest BCUT2D eigenvalue weighted by Gasteiger charge is 2.33. The lowest BCUT2D eigenvalue weighted by atomic mass is 9.85. The fourth-order valence-corrected chi connectivity index (χ4v) is 7.05. The summed E-state index contributed by atoms with van der Waals surface area (Å²) < 4.78 is 9.25. The van der Waals surface area contributed by atoms with E-state index >= 15 is 0 Å². The van der Waals surface area contributed by atoms with Crippen LogP contribution < -0.4 is 14.5 Å². The molecule has 0 unspecified atom stereocenters. The molecule has 0 bridgehead atoms. The van der Waals surface area contributed by atoms with Crippen LogP contribution in [0.4, 0.5) is 0 Å². The molecule has 0 radical (unpaired) electrons. The predicted octanol–water partition coefficient (Wildman–Crippen LogP) is 7.80. The quantitative estimate of drug-likeness (QED) is 0.144. The average molecular weight is 477 g/mol. The molecule has 0 N–H and O–H groups in total. The molecule has 6 rings (SSSR count). The van der Waals surface area contributed by atoms with E-state index in [1.54, 1.807) is 0 Å². The van der Waals surface area contributed by atoms with Crippen molar-refractivity contribution in [3.8, 4) is 22.8 Å². The molecule has 0 saturated heterocycles. The zero-order chi connectivity index (χ0) is 24.6. The van der Waals surface area contributed by atoms with Gasteiger partial charge in [-0.05, 0) is 52.4 Å². The van der Waals surface area contributed by atoms with Crippen LogP contribution in [0, 0.1) is 12.8 Å². The Kier molecular flexibility index (Phi) is 4.88. The lowest BCUT2D eigenvalue weighted by Gasteiger charge is -2.26. The Morgan fingerprint density at radius 3 is 2.34 bits per heavy atom. The van der Waals surface area contributed by atoms with E-state index in [9.17, 15) is 0 Å². The van der Waals surface area contributed by atoms with E-state index < -0.39 is 8.07 Å². The molecule has 5 aromatic rings. The van der Waals surface area contributed by atoms with Crippen molar-refractivity contribution in [3.63, 3.8) is 0 Å². The normalized spacial score (nSPS) is 13.0. The first kappa shape index (κ1) is 22.3. The maximum absolute atomic E-state index is 6.96. The Labute approximate surface area is 209 Å². The first-order valence-corrected chi connectivity index (χ1v) is 16.3. The van der Waals surface area contributed by atoms with Crippen molar-refractivity contribution < 1.29 is 9.30 Å². The van der Waals surface area contributed by atoms with Crippen molar-refractivity contribution in [1.29, 1.82) is 0 Å². The fraction of sp³-hybridized carbons (Fsp3) is 0.281. The number of hydrogen-bond acceptors (Lipinski definition) is 1. The Morgan fingerprint density at radius 2 is 1.63 bits per heavy atom. The van der Waals surface area contributed by atoms with Gasteiger partial charge in [-0.3, -0.25) is 0 Å². The SMILES string of the molecule is Cc1c2c(c(CC(C)C)c3ccccc13)Oc1cc3cc([Si](C)(C)C)ccc3c3cc[n+](C)c-2c13. The second-order valence-electron chi connectivity index (χ2n) is 11.7. The van der Waals surface area contributed by atoms with Gasteiger partial charge in [-0.15, -0.1) is 0 Å². The number of hydrogen-bond donors (Lipinski definition) is 0. The van der Waals surface area contributed by atoms with Crippen LogP contribution in [0.1, 0.15) is 25.0 Å². The molecule has 2 heterocycles. The highest BCUT2D eigenvalue weighted by Crippen LogP contribution is 2.52. The van der Waals surface area contributed by atoms with E-state index in [2.05, 4.69) is 113 Å². The van der Waals surface area contributed by atoms with E-state index in [0.29, 0.717) is 5.92 Å². The maximum atomic E-state index is 6.96. The summed E-state index contributed by atoms with van der Waals surface area (Å²) in [5, 5.41) is 9.21. The van der Waals surface area contributed by atoms with Crippen molar-refractivity contribution in [3.05, 3.63) is 71.9 Å². The molecule has 0 spiro atoms. The molecular formula is C32H34NOSi+. The molecule has 1 aromatic heterocycles. The Morgan fingerprint density at radius 1 is 0.886 bits per heavy atom. The third-order valence-corrected chi connectivity index (χ3v) is 9.70. The van der Waals surface area contributed by atoms with Crippen LogP contribution in [0.15, 0.2) is 60.8 Å². The molecule has 0 amide bonds. The first-order chi connectivity index (χ1) is 16.6. The smallest absolute Gasteiger partial charge is 0.228 e. The van der Waals surface area contributed by atoms with Gasteiger partial charge in [-0.1, -0.05) is 81.1 Å². The molecule has 176 valence electrons. The molecule has 1 aliphatic rings. The maximum Gasteiger partial charge on any atom is 0.228 e. The highest BCUT2D eigenvalue weighted by molar-refractivity contribution is 6.88. The molecule has 4 aromatic carbocycles. The summed E-state index contributed by atoms with van der Waals surface area (Å²) in [6.07, 6.45) is 3.21. The van der Waals surface area contributed by atoms with Crippen LogP contribution in [-0.4, -0.2) is 8.07 Å². The zero-order valence-corrected chi connectivity index (χ0v) is 22.9. The van der Waals surface area contributed by atoms with Gasteiger partial charge in [0.15, 0.2) is 6.20 Å². The van der Waals surface area contributed by atoms with E-state index in [-0.39, 0.29) is 0 Å². The van der Waals surface area contributed by atoms with Gasteiger partial charge in [-0.2, -0.15) is 0 Å². The molecule has 0 atom stereocenters. The first-order valence-electron chi connectivity index (χ1n) is 12.8. The van der Waals surface area contributed by atoms with Crippen LogP contribution in [0.5, 0.6) is 11.5 Å². The van der Waals surface area contributed by atoms with E-state index in [0.717, 1.165) is 17.9 Å². The lowest BCUT2D eigenvalue weighted by Crippen LogP contribution is -2.37. The van der Waals surface area contributed by atoms with Gasteiger partial charge < -0.3 is 4.74 Å². The van der Waals surface area contributed by atoms with Crippen molar-refractivity contribution in [2.24, 2.45) is 13.0 Å². The Balaban J connectivity index is 1.77. The number of pyridine rings is 1. The summed E-state index contributed by atoms with van der Waals surface area (Å²) in [4.78, 5) is 0. The average Bonchev–Trinajstić information content (AvgIpc) is 2.81. The highest BCUT2D eigenvalue weighted by atomic mass is 28.3. The topological polar surface area (TPSA) is 13.1 Å². The molecule has 3 heteroatoms. The van der Waals surface area contributed by atoms with Gasteiger partial charge >= 0.3 is 0 Å². The molecular weight excluding hydrogens is 442 g/mol. The second-order valence-corrected chi connectivity index (χ2v) is 16.8. The monoisotopic (exact) mass is 476 g/mol. The van der Waals surface area contributed by atoms with Crippen LogP contribution in [0.25, 0.3) is 43.6 Å². The van der Waals surface area contributed by atoms with Gasteiger partial charge in [0.2, 0.25) is 5.69 Å². The van der Waals surface area contributed by atoms with Crippen LogP contribution in [0.3, 0.4) is 0 Å². The minimum absolute atomic E-state index is 0.538. The summed E-state index contributed by atoms with van der Waals surface area (Å²) >= 11 is 0. The minimum atomic E-state index is -1.42. The number of nitrogens with zero attached hydrogens (tertiary/aromatic N) is 1. The molecule has 35 heavy (non-hydrogen) atoms. The van der Waals surface area contributed by atoms with Crippen LogP contribution in [0.2, 0.25) is 19.6 Å². The summed E-state index contributed by atoms with van der Waals surface area (Å²) in [5.41, 5.74) is 5.14. The number of fused-ring (bicyclic) bond motifs is 5. The second kappa shape index (κ2) is 7.66. The third-order valence-electron chi connectivity index (χ3n) is 7.66.